The minimum atomic E-state index is -0.943. The number of rotatable bonds is 5. The highest BCUT2D eigenvalue weighted by Gasteiger charge is 2.41. The third-order valence-electron chi connectivity index (χ3n) is 5.40. The van der Waals surface area contributed by atoms with E-state index in [1.807, 2.05) is 60.7 Å². The van der Waals surface area contributed by atoms with Crippen LogP contribution in [0.3, 0.4) is 0 Å². The van der Waals surface area contributed by atoms with Gasteiger partial charge in [0.1, 0.15) is 0 Å². The van der Waals surface area contributed by atoms with Crippen molar-refractivity contribution in [3.8, 4) is 5.69 Å². The zero-order valence-electron chi connectivity index (χ0n) is 16.9. The lowest BCUT2D eigenvalue weighted by Gasteiger charge is -2.16. The number of carboxylic acid groups (broad SMARTS) is 1. The number of likely N-dealkylation sites (tertiary alicyclic amines) is 1. The van der Waals surface area contributed by atoms with Gasteiger partial charge in [-0.1, -0.05) is 48.5 Å². The molecule has 2 heterocycles. The fourth-order valence-electron chi connectivity index (χ4n) is 3.93. The smallest absolute Gasteiger partial charge is 0.308 e. The number of hydrogen-bond donors (Lipinski definition) is 2. The van der Waals surface area contributed by atoms with E-state index in [1.165, 1.54) is 16.5 Å². The van der Waals surface area contributed by atoms with Gasteiger partial charge in [0.2, 0.25) is 5.91 Å². The van der Waals surface area contributed by atoms with Crippen LogP contribution in [0.5, 0.6) is 0 Å². The number of anilines is 1. The summed E-state index contributed by atoms with van der Waals surface area (Å²) in [6.45, 7) is 1.69. The maximum Gasteiger partial charge on any atom is 0.308 e. The molecule has 1 fully saturated rings. The fraction of sp³-hybridized carbons (Fsp3) is 0.217. The molecule has 2 aromatic carbocycles. The number of benzene rings is 2. The van der Waals surface area contributed by atoms with Crippen LogP contribution in [0.2, 0.25) is 0 Å². The topological polar surface area (TPSA) is 105 Å². The quantitative estimate of drug-likeness (QED) is 0.663. The number of nitrogens with one attached hydrogen (secondary N) is 1. The molecule has 0 radical (unpaired) electrons. The van der Waals surface area contributed by atoms with Crippen LogP contribution in [0.25, 0.3) is 5.69 Å². The van der Waals surface area contributed by atoms with Crippen molar-refractivity contribution in [2.75, 3.05) is 18.4 Å². The number of aliphatic carboxylic acids is 1. The van der Waals surface area contributed by atoms with Gasteiger partial charge in [-0.2, -0.15) is 5.10 Å². The Morgan fingerprint density at radius 2 is 1.65 bits per heavy atom. The minimum Gasteiger partial charge on any atom is -0.481 e. The summed E-state index contributed by atoms with van der Waals surface area (Å²) in [5.74, 6) is -2.72. The van der Waals surface area contributed by atoms with Gasteiger partial charge < -0.3 is 15.3 Å². The Balaban J connectivity index is 1.66. The van der Waals surface area contributed by atoms with Crippen LogP contribution in [-0.2, 0) is 9.59 Å². The second kappa shape index (κ2) is 8.43. The first-order valence-corrected chi connectivity index (χ1v) is 9.93. The molecule has 0 spiro atoms. The summed E-state index contributed by atoms with van der Waals surface area (Å²) in [7, 11) is 0. The first-order chi connectivity index (χ1) is 14.9. The van der Waals surface area contributed by atoms with Gasteiger partial charge >= 0.3 is 5.97 Å². The molecule has 0 unspecified atom stereocenters. The average molecular weight is 418 g/mol. The van der Waals surface area contributed by atoms with Crippen LogP contribution >= 0.6 is 0 Å². The predicted molar refractivity (Wildman–Crippen MR) is 114 cm³/mol. The molecule has 4 rings (SSSR count). The molecule has 8 heteroatoms. The van der Waals surface area contributed by atoms with E-state index < -0.39 is 17.8 Å². The van der Waals surface area contributed by atoms with Crippen LogP contribution in [0.15, 0.2) is 66.9 Å². The maximum absolute atomic E-state index is 13.3. The zero-order chi connectivity index (χ0) is 22.0. The molecule has 1 aliphatic heterocycles. The van der Waals surface area contributed by atoms with Crippen molar-refractivity contribution >= 4 is 23.5 Å². The molecule has 2 N–H and O–H groups in total. The summed E-state index contributed by atoms with van der Waals surface area (Å²) in [5.41, 5.74) is 1.98. The van der Waals surface area contributed by atoms with Crippen LogP contribution in [0.1, 0.15) is 28.9 Å². The van der Waals surface area contributed by atoms with E-state index >= 15 is 0 Å². The second-order valence-electron chi connectivity index (χ2n) is 7.52. The van der Waals surface area contributed by atoms with Crippen LogP contribution in [0, 0.1) is 5.92 Å². The van der Waals surface area contributed by atoms with Gasteiger partial charge in [0.15, 0.2) is 5.69 Å². The summed E-state index contributed by atoms with van der Waals surface area (Å²) < 4.78 is 1.53. The number of carbonyl (C=O) groups excluding carboxylic acids is 2. The molecular weight excluding hydrogens is 396 g/mol. The Kier molecular flexibility index (Phi) is 5.53. The second-order valence-corrected chi connectivity index (χ2v) is 7.52. The summed E-state index contributed by atoms with van der Waals surface area (Å²) >= 11 is 0. The molecule has 0 aliphatic carbocycles. The zero-order valence-corrected chi connectivity index (χ0v) is 16.9. The van der Waals surface area contributed by atoms with Gasteiger partial charge in [-0.05, 0) is 17.7 Å². The van der Waals surface area contributed by atoms with Gasteiger partial charge in [-0.3, -0.25) is 14.4 Å². The van der Waals surface area contributed by atoms with Crippen LogP contribution < -0.4 is 5.32 Å². The molecule has 0 bridgehead atoms. The highest BCUT2D eigenvalue weighted by molar-refractivity contribution is 6.02. The molecule has 1 saturated heterocycles. The lowest BCUT2D eigenvalue weighted by molar-refractivity contribution is -0.141. The molecule has 2 amide bonds. The number of carboxylic acids is 1. The number of amides is 2. The molecule has 8 nitrogen and oxygen atoms in total. The van der Waals surface area contributed by atoms with Crippen LogP contribution in [0.4, 0.5) is 5.69 Å². The molecule has 2 atom stereocenters. The summed E-state index contributed by atoms with van der Waals surface area (Å²) in [6, 6.07) is 18.6. The third-order valence-corrected chi connectivity index (χ3v) is 5.40. The van der Waals surface area contributed by atoms with E-state index in [0.29, 0.717) is 0 Å². The molecule has 0 saturated carbocycles. The van der Waals surface area contributed by atoms with Crippen molar-refractivity contribution in [1.29, 1.82) is 0 Å². The number of aromatic nitrogens is 2. The summed E-state index contributed by atoms with van der Waals surface area (Å²) in [5, 5.41) is 16.8. The van der Waals surface area contributed by atoms with Gasteiger partial charge in [0.25, 0.3) is 5.91 Å². The molecule has 1 aromatic heterocycles. The molecular formula is C23H22N4O4. The van der Waals surface area contributed by atoms with Gasteiger partial charge in [0, 0.05) is 25.9 Å². The number of carbonyl (C=O) groups is 3. The van der Waals surface area contributed by atoms with Gasteiger partial charge in [0.05, 0.1) is 23.5 Å². The highest BCUT2D eigenvalue weighted by Crippen LogP contribution is 2.34. The standard InChI is InChI=1S/C23H22N4O4/c1-15(28)24-20-14-27(17-10-6-3-7-11-17)25-21(20)22(29)26-12-18(19(13-26)23(30)31)16-8-4-2-5-9-16/h2-11,14,18-19H,12-13H2,1H3,(H,24,28)(H,30,31)/t18-,19+/m1/s1. The Bertz CT molecular complexity index is 1110. The van der Waals surface area contributed by atoms with Crippen molar-refractivity contribution in [3.63, 3.8) is 0 Å². The van der Waals surface area contributed by atoms with E-state index in [-0.39, 0.29) is 36.3 Å². The maximum atomic E-state index is 13.3. The Morgan fingerprint density at radius 1 is 1.00 bits per heavy atom. The Labute approximate surface area is 179 Å². The van der Waals surface area contributed by atoms with Crippen molar-refractivity contribution in [3.05, 3.63) is 78.1 Å². The monoisotopic (exact) mass is 418 g/mol. The van der Waals surface area contributed by atoms with Crippen LogP contribution in [-0.4, -0.2) is 50.7 Å². The third kappa shape index (κ3) is 4.18. The van der Waals surface area contributed by atoms with Gasteiger partial charge in [-0.25, -0.2) is 4.68 Å². The van der Waals surface area contributed by atoms with Crippen molar-refractivity contribution in [1.82, 2.24) is 14.7 Å². The van der Waals surface area contributed by atoms with Gasteiger partial charge in [-0.15, -0.1) is 0 Å². The van der Waals surface area contributed by atoms with Crippen molar-refractivity contribution in [2.45, 2.75) is 12.8 Å². The Morgan fingerprint density at radius 3 is 2.26 bits per heavy atom. The summed E-state index contributed by atoms with van der Waals surface area (Å²) in [6.07, 6.45) is 1.59. The van der Waals surface area contributed by atoms with E-state index in [0.717, 1.165) is 11.3 Å². The van der Waals surface area contributed by atoms with E-state index in [2.05, 4.69) is 10.4 Å². The lowest BCUT2D eigenvalue weighted by atomic mass is 9.89. The first-order valence-electron chi connectivity index (χ1n) is 9.93. The highest BCUT2D eigenvalue weighted by atomic mass is 16.4. The van der Waals surface area contributed by atoms with E-state index in [9.17, 15) is 19.5 Å². The molecule has 3 aromatic rings. The number of nitrogens with zero attached hydrogens (tertiary/aromatic N) is 3. The fourth-order valence-corrected chi connectivity index (χ4v) is 3.93. The molecule has 31 heavy (non-hydrogen) atoms. The first kappa shape index (κ1) is 20.3. The van der Waals surface area contributed by atoms with Crippen molar-refractivity contribution < 1.29 is 19.5 Å². The largest absolute Gasteiger partial charge is 0.481 e. The SMILES string of the molecule is CC(=O)Nc1cn(-c2ccccc2)nc1C(=O)N1C[C@H](C(=O)O)[C@@H](c2ccccc2)C1. The predicted octanol–water partition coefficient (Wildman–Crippen LogP) is 2.77. The molecule has 1 aliphatic rings. The average Bonchev–Trinajstić information content (AvgIpc) is 3.39. The minimum absolute atomic E-state index is 0.0748. The lowest BCUT2D eigenvalue weighted by Crippen LogP contribution is -2.31. The Hall–Kier alpha value is -3.94. The number of hydrogen-bond acceptors (Lipinski definition) is 4. The normalized spacial score (nSPS) is 18.0. The van der Waals surface area contributed by atoms with E-state index in [1.54, 1.807) is 6.20 Å². The van der Waals surface area contributed by atoms with E-state index in [4.69, 9.17) is 0 Å². The molecule has 158 valence electrons. The number of para-hydroxylation sites is 1. The summed E-state index contributed by atoms with van der Waals surface area (Å²) in [4.78, 5) is 38.4. The van der Waals surface area contributed by atoms with Crippen molar-refractivity contribution in [2.24, 2.45) is 5.92 Å².